The van der Waals surface area contributed by atoms with Crippen molar-refractivity contribution in [3.8, 4) is 0 Å². The highest BCUT2D eigenvalue weighted by Gasteiger charge is 1.97. The molecule has 2 aromatic rings. The van der Waals surface area contributed by atoms with E-state index >= 15 is 0 Å². The topological polar surface area (TPSA) is 44.1 Å². The second kappa shape index (κ2) is 4.81. The van der Waals surface area contributed by atoms with E-state index in [1.807, 2.05) is 0 Å². The summed E-state index contributed by atoms with van der Waals surface area (Å²) in [6.45, 7) is 0.223. The molecule has 0 aromatic carbocycles. The van der Waals surface area contributed by atoms with Gasteiger partial charge >= 0.3 is 0 Å². The van der Waals surface area contributed by atoms with Gasteiger partial charge in [0, 0.05) is 18.5 Å². The van der Waals surface area contributed by atoms with Gasteiger partial charge in [0.25, 0.3) is 5.56 Å². The summed E-state index contributed by atoms with van der Waals surface area (Å²) in [6.07, 6.45) is 3.09. The minimum atomic E-state index is -0.212. The van der Waals surface area contributed by atoms with Crippen molar-refractivity contribution in [1.29, 1.82) is 0 Å². The van der Waals surface area contributed by atoms with Crippen molar-refractivity contribution in [3.63, 3.8) is 0 Å². The molecule has 0 atom stereocenters. The van der Waals surface area contributed by atoms with Crippen LogP contribution in [0.3, 0.4) is 0 Å². The first-order chi connectivity index (χ1) is 7.75. The van der Waals surface area contributed by atoms with E-state index in [1.165, 1.54) is 12.3 Å². The summed E-state index contributed by atoms with van der Waals surface area (Å²) in [5, 5.41) is 0.570. The van der Waals surface area contributed by atoms with Crippen LogP contribution in [-0.4, -0.2) is 9.71 Å². The highest BCUT2D eigenvalue weighted by Crippen LogP contribution is 2.05. The zero-order chi connectivity index (χ0) is 11.4. The lowest BCUT2D eigenvalue weighted by Crippen LogP contribution is -2.25. The second-order valence-corrected chi connectivity index (χ2v) is 3.54. The highest BCUT2D eigenvalue weighted by molar-refractivity contribution is 6.30. The smallest absolute Gasteiger partial charge is 0.282 e. The second-order valence-electron chi connectivity index (χ2n) is 3.11. The van der Waals surface area contributed by atoms with Crippen molar-refractivity contribution in [3.05, 3.63) is 63.8 Å². The molecule has 4 nitrogen and oxygen atoms in total. The summed E-state index contributed by atoms with van der Waals surface area (Å²) in [6, 6.07) is 8.27. The lowest BCUT2D eigenvalue weighted by atomic mass is 10.4. The van der Waals surface area contributed by atoms with E-state index in [9.17, 15) is 4.79 Å². The Hall–Kier alpha value is -1.81. The van der Waals surface area contributed by atoms with Gasteiger partial charge in [-0.05, 0) is 18.2 Å². The Bertz CT molecular complexity index is 522. The van der Waals surface area contributed by atoms with Gasteiger partial charge in [0.15, 0.2) is 6.61 Å². The van der Waals surface area contributed by atoms with Crippen LogP contribution in [0.2, 0.25) is 5.02 Å². The number of rotatable bonds is 3. The molecular weight excluding hydrogens is 228 g/mol. The van der Waals surface area contributed by atoms with Gasteiger partial charge in [0.1, 0.15) is 0 Å². The van der Waals surface area contributed by atoms with Crippen LogP contribution in [0.4, 0.5) is 0 Å². The van der Waals surface area contributed by atoms with Crippen LogP contribution in [0.15, 0.2) is 47.5 Å². The highest BCUT2D eigenvalue weighted by atomic mass is 35.5. The Labute approximate surface area is 97.0 Å². The van der Waals surface area contributed by atoms with E-state index in [4.69, 9.17) is 16.4 Å². The Balaban J connectivity index is 2.05. The van der Waals surface area contributed by atoms with Gasteiger partial charge in [-0.3, -0.25) is 9.78 Å². The minimum Gasteiger partial charge on any atom is -0.404 e. The molecule has 0 spiro atoms. The Morgan fingerprint density at radius 3 is 2.88 bits per heavy atom. The molecule has 16 heavy (non-hydrogen) atoms. The zero-order valence-corrected chi connectivity index (χ0v) is 9.09. The fourth-order valence-corrected chi connectivity index (χ4v) is 1.26. The first-order valence-electron chi connectivity index (χ1n) is 4.67. The Kier molecular flexibility index (Phi) is 3.22. The van der Waals surface area contributed by atoms with Gasteiger partial charge in [0.2, 0.25) is 0 Å². The summed E-state index contributed by atoms with van der Waals surface area (Å²) >= 11 is 5.70. The quantitative estimate of drug-likeness (QED) is 0.812. The summed E-state index contributed by atoms with van der Waals surface area (Å²) in [7, 11) is 0. The molecule has 2 rings (SSSR count). The van der Waals surface area contributed by atoms with Crippen LogP contribution in [-0.2, 0) is 6.61 Å². The molecule has 2 aromatic heterocycles. The van der Waals surface area contributed by atoms with Gasteiger partial charge in [-0.25, -0.2) is 0 Å². The third kappa shape index (κ3) is 2.61. The third-order valence-electron chi connectivity index (χ3n) is 1.93. The molecule has 5 heteroatoms. The molecule has 0 bridgehead atoms. The monoisotopic (exact) mass is 236 g/mol. The molecule has 0 saturated carbocycles. The number of hydrogen-bond donors (Lipinski definition) is 0. The summed E-state index contributed by atoms with van der Waals surface area (Å²) in [5.41, 5.74) is 0.497. The van der Waals surface area contributed by atoms with Crippen molar-refractivity contribution in [1.82, 2.24) is 9.71 Å². The number of hydrogen-bond acceptors (Lipinski definition) is 3. The molecule has 0 aliphatic heterocycles. The van der Waals surface area contributed by atoms with Crippen molar-refractivity contribution >= 4 is 11.6 Å². The maximum Gasteiger partial charge on any atom is 0.282 e. The molecule has 0 aliphatic rings. The van der Waals surface area contributed by atoms with Crippen LogP contribution < -0.4 is 10.4 Å². The van der Waals surface area contributed by atoms with Crippen LogP contribution in [0.1, 0.15) is 5.69 Å². The normalized spacial score (nSPS) is 10.1. The van der Waals surface area contributed by atoms with E-state index in [1.54, 1.807) is 30.5 Å². The molecular formula is C11H9ClN2O2. The van der Waals surface area contributed by atoms with Crippen molar-refractivity contribution in [2.75, 3.05) is 0 Å². The average Bonchev–Trinajstić information content (AvgIpc) is 2.30. The third-order valence-corrected chi connectivity index (χ3v) is 2.15. The average molecular weight is 237 g/mol. The van der Waals surface area contributed by atoms with Crippen LogP contribution >= 0.6 is 11.6 Å². The van der Waals surface area contributed by atoms with Crippen molar-refractivity contribution < 1.29 is 4.84 Å². The zero-order valence-electron chi connectivity index (χ0n) is 8.34. The molecule has 0 fully saturated rings. The van der Waals surface area contributed by atoms with Gasteiger partial charge in [0.05, 0.1) is 10.7 Å². The van der Waals surface area contributed by atoms with Crippen LogP contribution in [0.25, 0.3) is 0 Å². The van der Waals surface area contributed by atoms with Gasteiger partial charge in [-0.2, -0.15) is 4.73 Å². The van der Waals surface area contributed by atoms with E-state index < -0.39 is 0 Å². The van der Waals surface area contributed by atoms with E-state index in [0.717, 1.165) is 4.73 Å². The molecule has 82 valence electrons. The molecule has 0 saturated heterocycles. The Morgan fingerprint density at radius 2 is 2.19 bits per heavy atom. The molecule has 0 radical (unpaired) electrons. The molecule has 2 heterocycles. The van der Waals surface area contributed by atoms with Crippen LogP contribution in [0.5, 0.6) is 0 Å². The fourth-order valence-electron chi connectivity index (χ4n) is 1.15. The first-order valence-corrected chi connectivity index (χ1v) is 5.05. The van der Waals surface area contributed by atoms with Crippen molar-refractivity contribution in [2.24, 2.45) is 0 Å². The maximum absolute atomic E-state index is 11.3. The SMILES string of the molecule is O=c1ccccn1OCc1ccc(Cl)cn1. The maximum atomic E-state index is 11.3. The lowest BCUT2D eigenvalue weighted by Gasteiger charge is -2.06. The molecule has 0 N–H and O–H groups in total. The number of halogens is 1. The number of pyridine rings is 2. The Morgan fingerprint density at radius 1 is 1.31 bits per heavy atom. The van der Waals surface area contributed by atoms with Gasteiger partial charge in [-0.15, -0.1) is 0 Å². The molecule has 0 aliphatic carbocycles. The predicted molar refractivity (Wildman–Crippen MR) is 60.2 cm³/mol. The molecule has 0 unspecified atom stereocenters. The van der Waals surface area contributed by atoms with Gasteiger partial charge < -0.3 is 4.84 Å². The van der Waals surface area contributed by atoms with Gasteiger partial charge in [-0.1, -0.05) is 17.7 Å². The lowest BCUT2D eigenvalue weighted by molar-refractivity contribution is 0.0869. The standard InChI is InChI=1S/C11H9ClN2O2/c12-9-4-5-10(13-7-9)8-16-14-6-2-1-3-11(14)15/h1-7H,8H2. The van der Waals surface area contributed by atoms with E-state index in [-0.39, 0.29) is 12.2 Å². The van der Waals surface area contributed by atoms with E-state index in [0.29, 0.717) is 10.7 Å². The summed E-state index contributed by atoms with van der Waals surface area (Å²) in [4.78, 5) is 20.6. The predicted octanol–water partition coefficient (Wildman–Crippen LogP) is 1.53. The largest absolute Gasteiger partial charge is 0.404 e. The van der Waals surface area contributed by atoms with Crippen LogP contribution in [0, 0.1) is 0 Å². The summed E-state index contributed by atoms with van der Waals surface area (Å²) in [5.74, 6) is 0. The van der Waals surface area contributed by atoms with E-state index in [2.05, 4.69) is 4.98 Å². The number of nitrogens with zero attached hydrogens (tertiary/aromatic N) is 2. The number of aromatic nitrogens is 2. The molecule has 0 amide bonds. The van der Waals surface area contributed by atoms with Crippen molar-refractivity contribution in [2.45, 2.75) is 6.61 Å². The minimum absolute atomic E-state index is 0.212. The fraction of sp³-hybridized carbons (Fsp3) is 0.0909. The first kappa shape index (κ1) is 10.7. The summed E-state index contributed by atoms with van der Waals surface area (Å²) < 4.78 is 1.16.